The van der Waals surface area contributed by atoms with E-state index in [9.17, 15) is 0 Å². The Morgan fingerprint density at radius 2 is 0.770 bits per heavy atom. The van der Waals surface area contributed by atoms with Gasteiger partial charge < -0.3 is 9.47 Å². The summed E-state index contributed by atoms with van der Waals surface area (Å²) in [4.78, 5) is 2.54. The van der Waals surface area contributed by atoms with Gasteiger partial charge in [0.25, 0.3) is 0 Å². The van der Waals surface area contributed by atoms with Gasteiger partial charge in [-0.25, -0.2) is 0 Å². The van der Waals surface area contributed by atoms with Crippen molar-refractivity contribution in [2.24, 2.45) is 0 Å². The molecular weight excluding hydrogens is 893 g/mol. The largest absolute Gasteiger partial charge is 0.309 e. The first-order valence-corrected chi connectivity index (χ1v) is 26.1. The van der Waals surface area contributed by atoms with E-state index < -0.39 is 0 Å². The van der Waals surface area contributed by atoms with Gasteiger partial charge in [0.05, 0.1) is 33.8 Å². The van der Waals surface area contributed by atoms with E-state index in [2.05, 4.69) is 294 Å². The first-order valence-electron chi connectivity index (χ1n) is 26.1. The maximum Gasteiger partial charge on any atom is 0.0541 e. The maximum atomic E-state index is 2.54. The van der Waals surface area contributed by atoms with Crippen LogP contribution in [0, 0.1) is 0 Å². The van der Waals surface area contributed by atoms with Gasteiger partial charge in [-0.05, 0) is 131 Å². The van der Waals surface area contributed by atoms with Crippen molar-refractivity contribution in [1.82, 2.24) is 4.57 Å². The Balaban J connectivity index is 1.08. The molecule has 0 spiro atoms. The smallest absolute Gasteiger partial charge is 0.0541 e. The molecule has 0 aliphatic carbocycles. The summed E-state index contributed by atoms with van der Waals surface area (Å²) < 4.78 is 2.53. The number of hydrogen-bond donors (Lipinski definition) is 0. The predicted octanol–water partition coefficient (Wildman–Crippen LogP) is 20.4. The van der Waals surface area contributed by atoms with E-state index >= 15 is 0 Å². The molecule has 0 fully saturated rings. The molecule has 0 saturated carbocycles. The number of anilines is 3. The van der Waals surface area contributed by atoms with Gasteiger partial charge in [0.2, 0.25) is 0 Å². The van der Waals surface area contributed by atoms with Crippen LogP contribution in [-0.4, -0.2) is 4.57 Å². The molecule has 0 N–H and O–H groups in total. The average Bonchev–Trinajstić information content (AvgIpc) is 3.77. The molecule has 0 saturated heterocycles. The topological polar surface area (TPSA) is 8.17 Å². The zero-order chi connectivity index (χ0) is 50.3. The first-order chi connectivity index (χ1) is 36.0. The van der Waals surface area contributed by atoms with Gasteiger partial charge in [-0.2, -0.15) is 0 Å². The molecule has 1 aromatic heterocycles. The Morgan fingerprint density at radius 3 is 1.41 bits per heavy atom. The lowest BCUT2D eigenvalue weighted by Gasteiger charge is -2.32. The number of nitrogens with zero attached hydrogens (tertiary/aromatic N) is 2. The lowest BCUT2D eigenvalue weighted by Crippen LogP contribution is -2.13. The molecule has 2 nitrogen and oxygen atoms in total. The van der Waals surface area contributed by atoms with Gasteiger partial charge in [0.1, 0.15) is 0 Å². The third-order valence-corrected chi connectivity index (χ3v) is 15.5. The summed E-state index contributed by atoms with van der Waals surface area (Å²) in [6.07, 6.45) is 0. The van der Waals surface area contributed by atoms with Gasteiger partial charge in [0, 0.05) is 32.7 Å². The molecule has 12 aromatic carbocycles. The monoisotopic (exact) mass is 950 g/mol. The predicted molar refractivity (Wildman–Crippen MR) is 318 cm³/mol. The van der Waals surface area contributed by atoms with Crippen molar-refractivity contribution >= 4 is 71.2 Å². The quantitative estimate of drug-likeness (QED) is 0.138. The third-order valence-electron chi connectivity index (χ3n) is 15.5. The van der Waals surface area contributed by atoms with Crippen molar-refractivity contribution in [3.63, 3.8) is 0 Å². The molecule has 13 rings (SSSR count). The first kappa shape index (κ1) is 45.2. The molecule has 0 aliphatic rings. The van der Waals surface area contributed by atoms with Gasteiger partial charge in [-0.15, -0.1) is 0 Å². The highest BCUT2D eigenvalue weighted by atomic mass is 15.1. The molecule has 2 heteroatoms. The lowest BCUT2D eigenvalue weighted by molar-refractivity contribution is 0.590. The van der Waals surface area contributed by atoms with Crippen LogP contribution < -0.4 is 4.90 Å². The molecule has 356 valence electrons. The highest BCUT2D eigenvalue weighted by Crippen LogP contribution is 2.51. The van der Waals surface area contributed by atoms with Crippen LogP contribution in [0.15, 0.2) is 243 Å². The molecule has 74 heavy (non-hydrogen) atoms. The van der Waals surface area contributed by atoms with Crippen molar-refractivity contribution in [1.29, 1.82) is 0 Å². The summed E-state index contributed by atoms with van der Waals surface area (Å²) in [5.41, 5.74) is 19.1. The van der Waals surface area contributed by atoms with Crippen LogP contribution in [-0.2, 0) is 10.8 Å². The van der Waals surface area contributed by atoms with E-state index in [4.69, 9.17) is 0 Å². The van der Waals surface area contributed by atoms with Crippen molar-refractivity contribution in [3.8, 4) is 50.2 Å². The minimum Gasteiger partial charge on any atom is -0.309 e. The second-order valence-corrected chi connectivity index (χ2v) is 22.1. The summed E-state index contributed by atoms with van der Waals surface area (Å²) >= 11 is 0. The number of hydrogen-bond acceptors (Lipinski definition) is 1. The maximum absolute atomic E-state index is 2.54. The standard InChI is InChI=1S/C72H58N2/c1-71(2,3)53-36-42-67-61(45-53)62-46-54(72(4,5)6)37-43-68(62)74(67)66-41-35-50-32-38-59-65(40-34-49-33-39-60(66)70(50)69(49)59)73(63-30-17-15-27-56(63)52-25-19-24-51(44-52)47-20-9-7-10-21-47)64-31-18-16-29-58(64)57-28-14-13-26-55(57)48-22-11-8-12-23-48/h7-46H,1-6H3. The van der Waals surface area contributed by atoms with Gasteiger partial charge in [-0.1, -0.05) is 230 Å². The Morgan fingerprint density at radius 1 is 0.297 bits per heavy atom. The van der Waals surface area contributed by atoms with Crippen molar-refractivity contribution in [3.05, 3.63) is 254 Å². The Hall–Kier alpha value is -8.72. The molecule has 0 unspecified atom stereocenters. The van der Waals surface area contributed by atoms with Crippen molar-refractivity contribution in [2.75, 3.05) is 4.90 Å². The highest BCUT2D eigenvalue weighted by molar-refractivity contribution is 6.28. The molecule has 0 radical (unpaired) electrons. The number of para-hydroxylation sites is 2. The van der Waals surface area contributed by atoms with E-state index in [1.54, 1.807) is 0 Å². The molecular formula is C72H58N2. The van der Waals surface area contributed by atoms with Gasteiger partial charge >= 0.3 is 0 Å². The second-order valence-electron chi connectivity index (χ2n) is 22.1. The molecule has 0 aliphatic heterocycles. The third kappa shape index (κ3) is 7.55. The van der Waals surface area contributed by atoms with E-state index in [1.165, 1.54) is 98.8 Å². The van der Waals surface area contributed by atoms with Crippen LogP contribution in [0.2, 0.25) is 0 Å². The van der Waals surface area contributed by atoms with Crippen LogP contribution in [0.3, 0.4) is 0 Å². The summed E-state index contributed by atoms with van der Waals surface area (Å²) in [6.45, 7) is 13.9. The minimum atomic E-state index is 0.0152. The SMILES string of the molecule is CC(C)(C)c1ccc2c(c1)c1cc(C(C)(C)C)ccc1n2-c1ccc2ccc3c(N(c4ccccc4-c4cccc(-c5ccccc5)c4)c4ccccc4-c4ccccc4-c4ccccc4)ccc4ccc1c2c43. The van der Waals surface area contributed by atoms with Gasteiger partial charge in [0.15, 0.2) is 0 Å². The van der Waals surface area contributed by atoms with Crippen LogP contribution in [0.1, 0.15) is 52.7 Å². The molecule has 1 heterocycles. The fourth-order valence-corrected chi connectivity index (χ4v) is 11.7. The normalized spacial score (nSPS) is 12.2. The molecule has 0 amide bonds. The van der Waals surface area contributed by atoms with Crippen LogP contribution >= 0.6 is 0 Å². The van der Waals surface area contributed by atoms with Crippen LogP contribution in [0.4, 0.5) is 17.1 Å². The van der Waals surface area contributed by atoms with Crippen molar-refractivity contribution in [2.45, 2.75) is 52.4 Å². The van der Waals surface area contributed by atoms with Crippen LogP contribution in [0.5, 0.6) is 0 Å². The second kappa shape index (κ2) is 17.5. The van der Waals surface area contributed by atoms with E-state index in [0.29, 0.717) is 0 Å². The minimum absolute atomic E-state index is 0.0152. The summed E-state index contributed by atoms with van der Waals surface area (Å²) in [5, 5.41) is 10.0. The van der Waals surface area contributed by atoms with Crippen LogP contribution in [0.25, 0.3) is 104 Å². The molecule has 0 atom stereocenters. The summed E-state index contributed by atoms with van der Waals surface area (Å²) in [7, 11) is 0. The Kier molecular flexibility index (Phi) is 10.7. The summed E-state index contributed by atoms with van der Waals surface area (Å²) in [5.74, 6) is 0. The zero-order valence-electron chi connectivity index (χ0n) is 43.0. The van der Waals surface area contributed by atoms with Gasteiger partial charge in [-0.3, -0.25) is 0 Å². The fraction of sp³-hybridized carbons (Fsp3) is 0.111. The number of rotatable bonds is 8. The Bertz CT molecular complexity index is 4190. The number of benzene rings is 12. The molecule has 0 bridgehead atoms. The van der Waals surface area contributed by atoms with E-state index in [1.807, 2.05) is 0 Å². The number of fused-ring (bicyclic) bond motifs is 3. The van der Waals surface area contributed by atoms with E-state index in [0.717, 1.165) is 33.8 Å². The highest BCUT2D eigenvalue weighted by Gasteiger charge is 2.26. The van der Waals surface area contributed by atoms with E-state index in [-0.39, 0.29) is 10.8 Å². The average molecular weight is 951 g/mol. The zero-order valence-corrected chi connectivity index (χ0v) is 43.0. The van der Waals surface area contributed by atoms with Crippen molar-refractivity contribution < 1.29 is 0 Å². The fourth-order valence-electron chi connectivity index (χ4n) is 11.7. The summed E-state index contributed by atoms with van der Waals surface area (Å²) in [6, 6.07) is 90.4. The number of aromatic nitrogens is 1. The lowest BCUT2D eigenvalue weighted by atomic mass is 9.85. The molecule has 13 aromatic rings. The Labute approximate surface area is 434 Å².